The van der Waals surface area contributed by atoms with Gasteiger partial charge in [0.15, 0.2) is 11.5 Å². The molecule has 2 aliphatic heterocycles. The molecular formula is C34H46N2O7. The first kappa shape index (κ1) is 32.4. The van der Waals surface area contributed by atoms with Crippen LogP contribution < -0.4 is 14.2 Å². The van der Waals surface area contributed by atoms with E-state index in [4.69, 9.17) is 18.9 Å². The van der Waals surface area contributed by atoms with Gasteiger partial charge in [-0.3, -0.25) is 14.5 Å². The van der Waals surface area contributed by atoms with Gasteiger partial charge >= 0.3 is 0 Å². The summed E-state index contributed by atoms with van der Waals surface area (Å²) in [6, 6.07) is 10.0. The van der Waals surface area contributed by atoms with E-state index in [2.05, 4.69) is 18.7 Å². The third-order valence-electron chi connectivity index (χ3n) is 7.98. The predicted molar refractivity (Wildman–Crippen MR) is 166 cm³/mol. The Kier molecular flexibility index (Phi) is 11.9. The molecule has 1 atom stereocenters. The van der Waals surface area contributed by atoms with Crippen molar-refractivity contribution in [3.8, 4) is 17.2 Å². The van der Waals surface area contributed by atoms with Gasteiger partial charge in [0.2, 0.25) is 0 Å². The molecule has 2 heterocycles. The Bertz CT molecular complexity index is 1290. The van der Waals surface area contributed by atoms with Crippen molar-refractivity contribution in [1.82, 2.24) is 9.80 Å². The van der Waals surface area contributed by atoms with Crippen molar-refractivity contribution in [2.75, 3.05) is 59.7 Å². The fraction of sp³-hybridized carbons (Fsp3) is 0.529. The summed E-state index contributed by atoms with van der Waals surface area (Å²) in [4.78, 5) is 31.0. The number of rotatable bonds is 15. The van der Waals surface area contributed by atoms with Gasteiger partial charge in [-0.1, -0.05) is 32.8 Å². The second-order valence-electron chi connectivity index (χ2n) is 11.1. The standard InChI is InChI=1S/C34H46N2O7/c1-5-7-18-42-27-12-11-26(22-24(27)3)32(37)30-31(25-10-13-28(29(23-25)40-4)43-19-8-6-2)36(34(39)33(30)38)15-9-14-35-16-20-41-21-17-35/h10-13,22-23,31,37H,5-9,14-21H2,1-4H3/b32-30+. The third-order valence-corrected chi connectivity index (χ3v) is 7.98. The van der Waals surface area contributed by atoms with E-state index >= 15 is 0 Å². The van der Waals surface area contributed by atoms with Gasteiger partial charge in [0, 0.05) is 31.7 Å². The highest BCUT2D eigenvalue weighted by molar-refractivity contribution is 6.46. The fourth-order valence-corrected chi connectivity index (χ4v) is 5.49. The van der Waals surface area contributed by atoms with Crippen LogP contribution in [0.2, 0.25) is 0 Å². The number of carbonyl (C=O) groups excluding carboxylic acids is 2. The van der Waals surface area contributed by atoms with Crippen LogP contribution in [0.1, 0.15) is 68.7 Å². The average Bonchev–Trinajstić information content (AvgIpc) is 3.27. The molecule has 2 fully saturated rings. The Balaban J connectivity index is 1.69. The second kappa shape index (κ2) is 15.8. The van der Waals surface area contributed by atoms with Gasteiger partial charge in [-0.25, -0.2) is 0 Å². The van der Waals surface area contributed by atoms with Gasteiger partial charge in [0.25, 0.3) is 11.7 Å². The van der Waals surface area contributed by atoms with E-state index in [0.717, 1.165) is 56.6 Å². The molecule has 43 heavy (non-hydrogen) atoms. The van der Waals surface area contributed by atoms with Gasteiger partial charge in [0.1, 0.15) is 11.5 Å². The van der Waals surface area contributed by atoms with E-state index in [-0.39, 0.29) is 11.3 Å². The highest BCUT2D eigenvalue weighted by atomic mass is 16.5. The van der Waals surface area contributed by atoms with Crippen LogP contribution in [-0.4, -0.2) is 86.3 Å². The number of amides is 1. The molecule has 0 aromatic heterocycles. The molecule has 2 aromatic rings. The molecule has 1 N–H and O–H groups in total. The number of ketones is 1. The number of aliphatic hydroxyl groups is 1. The van der Waals surface area contributed by atoms with E-state index < -0.39 is 17.7 Å². The summed E-state index contributed by atoms with van der Waals surface area (Å²) >= 11 is 0. The minimum absolute atomic E-state index is 0.0668. The molecule has 2 saturated heterocycles. The molecule has 0 bridgehead atoms. The number of Topliss-reactive ketones (excluding diaryl/α,β-unsaturated/α-hetero) is 1. The number of ether oxygens (including phenoxy) is 4. The van der Waals surface area contributed by atoms with Gasteiger partial charge in [-0.15, -0.1) is 0 Å². The van der Waals surface area contributed by atoms with Crippen LogP contribution in [0.15, 0.2) is 42.0 Å². The molecule has 1 unspecified atom stereocenters. The lowest BCUT2D eigenvalue weighted by atomic mass is 9.94. The fourth-order valence-electron chi connectivity index (χ4n) is 5.49. The summed E-state index contributed by atoms with van der Waals surface area (Å²) in [5, 5.41) is 11.6. The molecule has 0 spiro atoms. The number of nitrogens with zero attached hydrogens (tertiary/aromatic N) is 2. The van der Waals surface area contributed by atoms with Crippen LogP contribution in [0.25, 0.3) is 5.76 Å². The lowest BCUT2D eigenvalue weighted by Gasteiger charge is -2.29. The number of hydrogen-bond acceptors (Lipinski definition) is 8. The minimum Gasteiger partial charge on any atom is -0.507 e. The summed E-state index contributed by atoms with van der Waals surface area (Å²) in [7, 11) is 1.57. The molecule has 9 nitrogen and oxygen atoms in total. The summed E-state index contributed by atoms with van der Waals surface area (Å²) in [5.74, 6) is 0.317. The third kappa shape index (κ3) is 7.89. The maximum absolute atomic E-state index is 13.6. The van der Waals surface area contributed by atoms with Crippen LogP contribution >= 0.6 is 0 Å². The summed E-state index contributed by atoms with van der Waals surface area (Å²) in [5.41, 5.74) is 2.04. The lowest BCUT2D eigenvalue weighted by Crippen LogP contribution is -2.39. The number of hydrogen-bond donors (Lipinski definition) is 1. The van der Waals surface area contributed by atoms with Gasteiger partial charge in [-0.05, 0) is 67.6 Å². The van der Waals surface area contributed by atoms with Gasteiger partial charge in [-0.2, -0.15) is 0 Å². The van der Waals surface area contributed by atoms with Gasteiger partial charge in [0.05, 0.1) is 45.2 Å². The number of aliphatic hydroxyl groups excluding tert-OH is 1. The van der Waals surface area contributed by atoms with Crippen LogP contribution in [0.5, 0.6) is 17.2 Å². The molecule has 2 aliphatic rings. The molecule has 234 valence electrons. The topological polar surface area (TPSA) is 97.8 Å². The number of morpholine rings is 1. The van der Waals surface area contributed by atoms with Crippen molar-refractivity contribution in [1.29, 1.82) is 0 Å². The number of aryl methyl sites for hydroxylation is 1. The van der Waals surface area contributed by atoms with E-state index in [9.17, 15) is 14.7 Å². The van der Waals surface area contributed by atoms with Crippen LogP contribution in [0.3, 0.4) is 0 Å². The van der Waals surface area contributed by atoms with E-state index in [1.54, 1.807) is 36.3 Å². The zero-order valence-electron chi connectivity index (χ0n) is 26.0. The van der Waals surface area contributed by atoms with Crippen molar-refractivity contribution < 1.29 is 33.6 Å². The van der Waals surface area contributed by atoms with Crippen LogP contribution in [0, 0.1) is 6.92 Å². The Hall–Kier alpha value is -3.56. The van der Waals surface area contributed by atoms with Crippen molar-refractivity contribution in [3.05, 3.63) is 58.7 Å². The number of carbonyl (C=O) groups is 2. The van der Waals surface area contributed by atoms with Crippen molar-refractivity contribution >= 4 is 17.4 Å². The lowest BCUT2D eigenvalue weighted by molar-refractivity contribution is -0.140. The molecular weight excluding hydrogens is 548 g/mol. The molecule has 1 amide bonds. The molecule has 0 saturated carbocycles. The van der Waals surface area contributed by atoms with E-state index in [1.807, 2.05) is 19.1 Å². The number of likely N-dealkylation sites (tertiary alicyclic amines) is 1. The summed E-state index contributed by atoms with van der Waals surface area (Å²) in [6.07, 6.45) is 4.58. The number of unbranched alkanes of at least 4 members (excludes halogenated alkanes) is 2. The highest BCUT2D eigenvalue weighted by Crippen LogP contribution is 2.42. The van der Waals surface area contributed by atoms with Crippen molar-refractivity contribution in [3.63, 3.8) is 0 Å². The summed E-state index contributed by atoms with van der Waals surface area (Å²) in [6.45, 7) is 11.5. The molecule has 2 aromatic carbocycles. The maximum atomic E-state index is 13.6. The average molecular weight is 595 g/mol. The molecule has 9 heteroatoms. The normalized spacial score (nSPS) is 18.7. The van der Waals surface area contributed by atoms with Crippen molar-refractivity contribution in [2.45, 2.75) is 58.9 Å². The predicted octanol–water partition coefficient (Wildman–Crippen LogP) is 5.51. The summed E-state index contributed by atoms with van der Waals surface area (Å²) < 4.78 is 22.9. The molecule has 4 rings (SSSR count). The zero-order valence-corrected chi connectivity index (χ0v) is 26.0. The first-order chi connectivity index (χ1) is 20.9. The van der Waals surface area contributed by atoms with Crippen molar-refractivity contribution in [2.24, 2.45) is 0 Å². The van der Waals surface area contributed by atoms with Gasteiger partial charge < -0.3 is 29.0 Å². The Morgan fingerprint density at radius 3 is 2.23 bits per heavy atom. The quantitative estimate of drug-likeness (QED) is 0.125. The molecule has 0 radical (unpaired) electrons. The SMILES string of the molecule is CCCCOc1ccc(/C(O)=C2\C(=O)C(=O)N(CCCN3CCOCC3)C2c2ccc(OCCCC)c(OC)c2)cc1C. The van der Waals surface area contributed by atoms with E-state index in [0.29, 0.717) is 62.0 Å². The first-order valence-corrected chi connectivity index (χ1v) is 15.5. The zero-order chi connectivity index (χ0) is 30.8. The second-order valence-corrected chi connectivity index (χ2v) is 11.1. The minimum atomic E-state index is -0.774. The van der Waals surface area contributed by atoms with Crippen LogP contribution in [-0.2, 0) is 14.3 Å². The molecule has 0 aliphatic carbocycles. The number of methoxy groups -OCH3 is 1. The smallest absolute Gasteiger partial charge is 0.295 e. The Morgan fingerprint density at radius 2 is 1.58 bits per heavy atom. The largest absolute Gasteiger partial charge is 0.507 e. The monoisotopic (exact) mass is 594 g/mol. The Labute approximate surface area is 255 Å². The van der Waals surface area contributed by atoms with Crippen LogP contribution in [0.4, 0.5) is 0 Å². The van der Waals surface area contributed by atoms with E-state index in [1.165, 1.54) is 0 Å². The first-order valence-electron chi connectivity index (χ1n) is 15.5. The highest BCUT2D eigenvalue weighted by Gasteiger charge is 2.46. The Morgan fingerprint density at radius 1 is 0.907 bits per heavy atom. The number of benzene rings is 2. The maximum Gasteiger partial charge on any atom is 0.295 e.